The summed E-state index contributed by atoms with van der Waals surface area (Å²) in [5.74, 6) is 0. The van der Waals surface area contributed by atoms with Crippen LogP contribution in [0.15, 0.2) is 60.7 Å². The van der Waals surface area contributed by atoms with E-state index in [4.69, 9.17) is 5.73 Å². The van der Waals surface area contributed by atoms with E-state index in [1.807, 2.05) is 18.2 Å². The van der Waals surface area contributed by atoms with Crippen molar-refractivity contribution in [1.29, 1.82) is 0 Å². The fourth-order valence-electron chi connectivity index (χ4n) is 2.38. The lowest BCUT2D eigenvalue weighted by Crippen LogP contribution is -1.88. The minimum atomic E-state index is 0.826. The second-order valence-corrected chi connectivity index (χ2v) is 4.64. The van der Waals surface area contributed by atoms with Gasteiger partial charge >= 0.3 is 0 Å². The first-order valence-electron chi connectivity index (χ1n) is 6.09. The van der Waals surface area contributed by atoms with Gasteiger partial charge in [0.25, 0.3) is 0 Å². The Balaban J connectivity index is 2.23. The van der Waals surface area contributed by atoms with E-state index in [1.54, 1.807) is 0 Å². The van der Waals surface area contributed by atoms with Crippen molar-refractivity contribution in [3.05, 3.63) is 66.2 Å². The second kappa shape index (κ2) is 4.19. The third-order valence-corrected chi connectivity index (χ3v) is 3.29. The fourth-order valence-corrected chi connectivity index (χ4v) is 2.38. The van der Waals surface area contributed by atoms with Crippen LogP contribution in [0.2, 0.25) is 0 Å². The van der Waals surface area contributed by atoms with Crippen LogP contribution in [-0.4, -0.2) is 0 Å². The van der Waals surface area contributed by atoms with Gasteiger partial charge in [-0.15, -0.1) is 0 Å². The monoisotopic (exact) mass is 233 g/mol. The number of hydrogen-bond acceptors (Lipinski definition) is 1. The van der Waals surface area contributed by atoms with Crippen LogP contribution in [0.5, 0.6) is 0 Å². The summed E-state index contributed by atoms with van der Waals surface area (Å²) in [7, 11) is 0. The summed E-state index contributed by atoms with van der Waals surface area (Å²) in [6.45, 7) is 2.10. The largest absolute Gasteiger partial charge is 0.399 e. The van der Waals surface area contributed by atoms with Crippen molar-refractivity contribution in [1.82, 2.24) is 0 Å². The highest BCUT2D eigenvalue weighted by Gasteiger charge is 2.02. The van der Waals surface area contributed by atoms with Crippen molar-refractivity contribution < 1.29 is 0 Å². The Kier molecular flexibility index (Phi) is 2.52. The van der Waals surface area contributed by atoms with Crippen molar-refractivity contribution in [2.75, 3.05) is 5.73 Å². The van der Waals surface area contributed by atoms with Crippen LogP contribution in [0.1, 0.15) is 5.56 Å². The average molecular weight is 233 g/mol. The van der Waals surface area contributed by atoms with Crippen LogP contribution in [-0.2, 0) is 0 Å². The van der Waals surface area contributed by atoms with E-state index in [2.05, 4.69) is 49.4 Å². The van der Waals surface area contributed by atoms with E-state index in [9.17, 15) is 0 Å². The highest BCUT2D eigenvalue weighted by Crippen LogP contribution is 2.27. The number of nitrogen functional groups attached to an aromatic ring is 1. The fraction of sp³-hybridized carbons (Fsp3) is 0.0588. The third kappa shape index (κ3) is 1.84. The molecule has 0 aliphatic heterocycles. The topological polar surface area (TPSA) is 26.0 Å². The number of anilines is 1. The van der Waals surface area contributed by atoms with Gasteiger partial charge in [-0.1, -0.05) is 42.5 Å². The molecule has 0 heterocycles. The lowest BCUT2D eigenvalue weighted by Gasteiger charge is -2.07. The van der Waals surface area contributed by atoms with Gasteiger partial charge in [-0.05, 0) is 52.6 Å². The molecular formula is C17H15N. The Labute approximate surface area is 107 Å². The molecular weight excluding hydrogens is 218 g/mol. The maximum atomic E-state index is 5.87. The van der Waals surface area contributed by atoms with E-state index in [1.165, 1.54) is 27.5 Å². The molecule has 1 heteroatoms. The standard InChI is InChI=1S/C17H15N/c1-12-9-16(18)10-15-8-7-14(11-17(12)15)13-5-3-2-4-6-13/h2-11H,18H2,1H3. The summed E-state index contributed by atoms with van der Waals surface area (Å²) < 4.78 is 0. The molecule has 0 unspecified atom stereocenters. The van der Waals surface area contributed by atoms with Gasteiger partial charge < -0.3 is 5.73 Å². The Hall–Kier alpha value is -2.28. The summed E-state index contributed by atoms with van der Waals surface area (Å²) in [4.78, 5) is 0. The molecule has 0 spiro atoms. The van der Waals surface area contributed by atoms with Gasteiger partial charge in [-0.3, -0.25) is 0 Å². The van der Waals surface area contributed by atoms with Crippen LogP contribution >= 0.6 is 0 Å². The molecule has 3 aromatic carbocycles. The molecule has 3 rings (SSSR count). The number of hydrogen-bond donors (Lipinski definition) is 1. The van der Waals surface area contributed by atoms with Crippen LogP contribution in [0.3, 0.4) is 0 Å². The van der Waals surface area contributed by atoms with Gasteiger partial charge in [0.15, 0.2) is 0 Å². The van der Waals surface area contributed by atoms with Crippen LogP contribution in [0.25, 0.3) is 21.9 Å². The number of fused-ring (bicyclic) bond motifs is 1. The molecule has 2 N–H and O–H groups in total. The van der Waals surface area contributed by atoms with Crippen LogP contribution in [0, 0.1) is 6.92 Å². The maximum absolute atomic E-state index is 5.87. The molecule has 0 saturated heterocycles. The summed E-state index contributed by atoms with van der Waals surface area (Å²) in [5.41, 5.74) is 10.4. The zero-order valence-corrected chi connectivity index (χ0v) is 10.4. The van der Waals surface area contributed by atoms with Gasteiger partial charge in [0, 0.05) is 5.69 Å². The van der Waals surface area contributed by atoms with E-state index >= 15 is 0 Å². The van der Waals surface area contributed by atoms with Gasteiger partial charge in [0.2, 0.25) is 0 Å². The Bertz CT molecular complexity index is 699. The molecule has 0 atom stereocenters. The van der Waals surface area contributed by atoms with Crippen LogP contribution in [0.4, 0.5) is 5.69 Å². The molecule has 0 aliphatic rings. The van der Waals surface area contributed by atoms with Gasteiger partial charge in [-0.25, -0.2) is 0 Å². The highest BCUT2D eigenvalue weighted by molar-refractivity contribution is 5.92. The van der Waals surface area contributed by atoms with E-state index in [-0.39, 0.29) is 0 Å². The lowest BCUT2D eigenvalue weighted by molar-refractivity contribution is 1.52. The molecule has 0 aromatic heterocycles. The molecule has 88 valence electrons. The maximum Gasteiger partial charge on any atom is 0.0323 e. The molecule has 0 saturated carbocycles. The highest BCUT2D eigenvalue weighted by atomic mass is 14.5. The Morgan fingerprint density at radius 1 is 0.778 bits per heavy atom. The smallest absolute Gasteiger partial charge is 0.0323 e. The zero-order chi connectivity index (χ0) is 12.5. The average Bonchev–Trinajstić information content (AvgIpc) is 2.39. The second-order valence-electron chi connectivity index (χ2n) is 4.64. The first-order chi connectivity index (χ1) is 8.74. The van der Waals surface area contributed by atoms with E-state index < -0.39 is 0 Å². The minimum Gasteiger partial charge on any atom is -0.399 e. The van der Waals surface area contributed by atoms with E-state index in [0.29, 0.717) is 0 Å². The lowest BCUT2D eigenvalue weighted by atomic mass is 9.98. The number of benzene rings is 3. The minimum absolute atomic E-state index is 0.826. The molecule has 0 aliphatic carbocycles. The van der Waals surface area contributed by atoms with Gasteiger partial charge in [0.1, 0.15) is 0 Å². The van der Waals surface area contributed by atoms with Crippen molar-refractivity contribution >= 4 is 16.5 Å². The third-order valence-electron chi connectivity index (χ3n) is 3.29. The molecule has 0 fully saturated rings. The summed E-state index contributed by atoms with van der Waals surface area (Å²) >= 11 is 0. The SMILES string of the molecule is Cc1cc(N)cc2ccc(-c3ccccc3)cc12. The van der Waals surface area contributed by atoms with Crippen molar-refractivity contribution in [3.63, 3.8) is 0 Å². The predicted octanol–water partition coefficient (Wildman–Crippen LogP) is 4.40. The van der Waals surface area contributed by atoms with Crippen LogP contribution < -0.4 is 5.73 Å². The Morgan fingerprint density at radius 2 is 1.56 bits per heavy atom. The Morgan fingerprint density at radius 3 is 2.33 bits per heavy atom. The first-order valence-corrected chi connectivity index (χ1v) is 6.09. The summed E-state index contributed by atoms with van der Waals surface area (Å²) in [6.07, 6.45) is 0. The zero-order valence-electron chi connectivity index (χ0n) is 10.4. The number of rotatable bonds is 1. The van der Waals surface area contributed by atoms with Gasteiger partial charge in [0.05, 0.1) is 0 Å². The molecule has 3 aromatic rings. The number of nitrogens with two attached hydrogens (primary N) is 1. The first kappa shape index (κ1) is 10.8. The molecule has 1 nitrogen and oxygen atoms in total. The predicted molar refractivity (Wildman–Crippen MR) is 78.5 cm³/mol. The molecule has 0 bridgehead atoms. The summed E-state index contributed by atoms with van der Waals surface area (Å²) in [5, 5.41) is 2.47. The van der Waals surface area contributed by atoms with Gasteiger partial charge in [-0.2, -0.15) is 0 Å². The summed E-state index contributed by atoms with van der Waals surface area (Å²) in [6, 6.07) is 21.0. The van der Waals surface area contributed by atoms with Crippen molar-refractivity contribution in [2.24, 2.45) is 0 Å². The van der Waals surface area contributed by atoms with Crippen molar-refractivity contribution in [2.45, 2.75) is 6.92 Å². The van der Waals surface area contributed by atoms with E-state index in [0.717, 1.165) is 5.69 Å². The molecule has 18 heavy (non-hydrogen) atoms. The van der Waals surface area contributed by atoms with Crippen molar-refractivity contribution in [3.8, 4) is 11.1 Å². The molecule has 0 radical (unpaired) electrons. The molecule has 0 amide bonds. The quantitative estimate of drug-likeness (QED) is 0.619. The number of aryl methyl sites for hydroxylation is 1. The normalized spacial score (nSPS) is 10.7.